The Morgan fingerprint density at radius 1 is 1.30 bits per heavy atom. The molecule has 1 heterocycles. The van der Waals surface area contributed by atoms with Crippen LogP contribution in [0.3, 0.4) is 0 Å². The van der Waals surface area contributed by atoms with E-state index in [1.807, 2.05) is 0 Å². The van der Waals surface area contributed by atoms with Gasteiger partial charge in [-0.05, 0) is 38.3 Å². The second-order valence-electron chi connectivity index (χ2n) is 5.51. The molecule has 1 N–H and O–H groups in total. The van der Waals surface area contributed by atoms with E-state index in [0.717, 1.165) is 23.4 Å². The fourth-order valence-corrected chi connectivity index (χ4v) is 3.27. The zero-order chi connectivity index (χ0) is 14.1. The first kappa shape index (κ1) is 13.6. The Labute approximate surface area is 124 Å². The molecule has 106 valence electrons. The molecule has 1 aliphatic carbocycles. The van der Waals surface area contributed by atoms with E-state index in [1.54, 1.807) is 11.3 Å². The number of aromatic nitrogens is 1. The van der Waals surface area contributed by atoms with Gasteiger partial charge < -0.3 is 10.2 Å². The second-order valence-corrected chi connectivity index (χ2v) is 6.57. The molecule has 0 unspecified atom stereocenters. The van der Waals surface area contributed by atoms with E-state index >= 15 is 0 Å². The topological polar surface area (TPSA) is 28.2 Å². The van der Waals surface area contributed by atoms with Crippen LogP contribution in [0.1, 0.15) is 29.0 Å². The monoisotopic (exact) mass is 287 g/mol. The number of thiazole rings is 1. The molecule has 0 atom stereocenters. The van der Waals surface area contributed by atoms with Gasteiger partial charge in [0.1, 0.15) is 0 Å². The maximum atomic E-state index is 4.73. The molecule has 3 nitrogen and oxygen atoms in total. The van der Waals surface area contributed by atoms with E-state index in [4.69, 9.17) is 4.98 Å². The molecule has 20 heavy (non-hydrogen) atoms. The predicted octanol–water partition coefficient (Wildman–Crippen LogP) is 3.78. The van der Waals surface area contributed by atoms with Crippen molar-refractivity contribution < 1.29 is 0 Å². The number of anilines is 2. The number of rotatable bonds is 5. The smallest absolute Gasteiger partial charge is 0.190 e. The van der Waals surface area contributed by atoms with Crippen molar-refractivity contribution in [2.75, 3.05) is 11.9 Å². The molecule has 1 aromatic heterocycles. The van der Waals surface area contributed by atoms with Crippen LogP contribution in [0.15, 0.2) is 24.3 Å². The number of hydrogen-bond donors (Lipinski definition) is 1. The van der Waals surface area contributed by atoms with Crippen LogP contribution in [0, 0.1) is 13.8 Å². The average molecular weight is 287 g/mol. The zero-order valence-electron chi connectivity index (χ0n) is 12.3. The third kappa shape index (κ3) is 2.86. The standard InChI is InChI=1S/C16H21N3S/c1-11-6-4-5-7-14(11)19(3)16-18-12(2)15(20-16)10-17-13-8-9-13/h4-7,13,17H,8-10H2,1-3H3. The lowest BCUT2D eigenvalue weighted by Crippen LogP contribution is -2.14. The van der Waals surface area contributed by atoms with Gasteiger partial charge >= 0.3 is 0 Å². The minimum absolute atomic E-state index is 0.744. The highest BCUT2D eigenvalue weighted by Crippen LogP contribution is 2.32. The largest absolute Gasteiger partial charge is 0.321 e. The quantitative estimate of drug-likeness (QED) is 0.907. The summed E-state index contributed by atoms with van der Waals surface area (Å²) in [6.07, 6.45) is 2.65. The Morgan fingerprint density at radius 2 is 2.05 bits per heavy atom. The van der Waals surface area contributed by atoms with E-state index in [9.17, 15) is 0 Å². The number of hydrogen-bond acceptors (Lipinski definition) is 4. The lowest BCUT2D eigenvalue weighted by Gasteiger charge is -2.18. The van der Waals surface area contributed by atoms with Crippen molar-refractivity contribution in [2.24, 2.45) is 0 Å². The minimum atomic E-state index is 0.744. The molecule has 0 aliphatic heterocycles. The van der Waals surface area contributed by atoms with Crippen molar-refractivity contribution in [2.45, 2.75) is 39.3 Å². The Bertz CT molecular complexity index is 602. The van der Waals surface area contributed by atoms with Gasteiger partial charge in [0.15, 0.2) is 5.13 Å². The van der Waals surface area contributed by atoms with Crippen LogP contribution in [0.5, 0.6) is 0 Å². The third-order valence-corrected chi connectivity index (χ3v) is 5.01. The molecule has 1 saturated carbocycles. The van der Waals surface area contributed by atoms with Crippen LogP contribution in [-0.2, 0) is 6.54 Å². The van der Waals surface area contributed by atoms with Gasteiger partial charge in [0.05, 0.1) is 5.69 Å². The Hall–Kier alpha value is -1.39. The molecule has 1 aromatic carbocycles. The molecule has 3 rings (SSSR count). The molecule has 0 bridgehead atoms. The normalized spacial score (nSPS) is 14.6. The van der Waals surface area contributed by atoms with Crippen molar-refractivity contribution in [3.05, 3.63) is 40.4 Å². The van der Waals surface area contributed by atoms with Crippen molar-refractivity contribution in [1.29, 1.82) is 0 Å². The van der Waals surface area contributed by atoms with Crippen molar-refractivity contribution in [3.63, 3.8) is 0 Å². The third-order valence-electron chi connectivity index (χ3n) is 3.77. The van der Waals surface area contributed by atoms with E-state index < -0.39 is 0 Å². The first-order chi connectivity index (χ1) is 9.65. The van der Waals surface area contributed by atoms with Crippen LogP contribution in [-0.4, -0.2) is 18.1 Å². The SMILES string of the molecule is Cc1ccccc1N(C)c1nc(C)c(CNC2CC2)s1. The highest BCUT2D eigenvalue weighted by atomic mass is 32.1. The fourth-order valence-electron chi connectivity index (χ4n) is 2.29. The summed E-state index contributed by atoms with van der Waals surface area (Å²) in [6.45, 7) is 5.20. The van der Waals surface area contributed by atoms with Crippen LogP contribution in [0.2, 0.25) is 0 Å². The number of nitrogens with zero attached hydrogens (tertiary/aromatic N) is 2. The Balaban J connectivity index is 1.79. The summed E-state index contributed by atoms with van der Waals surface area (Å²) in [5.74, 6) is 0. The van der Waals surface area contributed by atoms with Crippen LogP contribution >= 0.6 is 11.3 Å². The second kappa shape index (κ2) is 5.54. The summed E-state index contributed by atoms with van der Waals surface area (Å²) in [5.41, 5.74) is 3.65. The highest BCUT2D eigenvalue weighted by Gasteiger charge is 2.21. The van der Waals surface area contributed by atoms with Crippen molar-refractivity contribution >= 4 is 22.2 Å². The summed E-state index contributed by atoms with van der Waals surface area (Å²) in [5, 5.41) is 4.64. The molecule has 1 fully saturated rings. The predicted molar refractivity (Wildman–Crippen MR) is 86.0 cm³/mol. The van der Waals surface area contributed by atoms with Gasteiger partial charge in [0, 0.05) is 30.2 Å². The summed E-state index contributed by atoms with van der Waals surface area (Å²) in [4.78, 5) is 8.27. The van der Waals surface area contributed by atoms with Gasteiger partial charge in [-0.2, -0.15) is 0 Å². The lowest BCUT2D eigenvalue weighted by molar-refractivity contribution is 0.691. The van der Waals surface area contributed by atoms with Gasteiger partial charge in [0.25, 0.3) is 0 Å². The van der Waals surface area contributed by atoms with Gasteiger partial charge in [-0.25, -0.2) is 4.98 Å². The number of aryl methyl sites for hydroxylation is 2. The van der Waals surface area contributed by atoms with Gasteiger partial charge in [-0.1, -0.05) is 29.5 Å². The van der Waals surface area contributed by atoms with Crippen LogP contribution < -0.4 is 10.2 Å². The Kier molecular flexibility index (Phi) is 3.76. The molecule has 4 heteroatoms. The van der Waals surface area contributed by atoms with Crippen LogP contribution in [0.25, 0.3) is 0 Å². The Morgan fingerprint density at radius 3 is 2.75 bits per heavy atom. The van der Waals surface area contributed by atoms with Gasteiger partial charge in [-0.3, -0.25) is 0 Å². The molecule has 0 amide bonds. The fraction of sp³-hybridized carbons (Fsp3) is 0.438. The summed E-state index contributed by atoms with van der Waals surface area (Å²) >= 11 is 1.79. The average Bonchev–Trinajstić information content (AvgIpc) is 3.19. The number of benzene rings is 1. The molecule has 0 radical (unpaired) electrons. The van der Waals surface area contributed by atoms with Crippen molar-refractivity contribution in [1.82, 2.24) is 10.3 Å². The lowest BCUT2D eigenvalue weighted by atomic mass is 10.2. The molecule has 2 aromatic rings. The highest BCUT2D eigenvalue weighted by molar-refractivity contribution is 7.15. The summed E-state index contributed by atoms with van der Waals surface area (Å²) in [7, 11) is 2.10. The summed E-state index contributed by atoms with van der Waals surface area (Å²) in [6, 6.07) is 9.18. The number of nitrogens with one attached hydrogen (secondary N) is 1. The van der Waals surface area contributed by atoms with Crippen molar-refractivity contribution in [3.8, 4) is 0 Å². The maximum Gasteiger partial charge on any atom is 0.190 e. The molecule has 1 aliphatic rings. The maximum absolute atomic E-state index is 4.73. The zero-order valence-corrected chi connectivity index (χ0v) is 13.1. The van der Waals surface area contributed by atoms with E-state index in [2.05, 4.69) is 55.4 Å². The van der Waals surface area contributed by atoms with E-state index in [1.165, 1.54) is 29.0 Å². The molecular weight excluding hydrogens is 266 g/mol. The van der Waals surface area contributed by atoms with E-state index in [0.29, 0.717) is 0 Å². The molecule has 0 saturated heterocycles. The van der Waals surface area contributed by atoms with Crippen LogP contribution in [0.4, 0.5) is 10.8 Å². The van der Waals surface area contributed by atoms with E-state index in [-0.39, 0.29) is 0 Å². The minimum Gasteiger partial charge on any atom is -0.321 e. The van der Waals surface area contributed by atoms with Gasteiger partial charge in [0.2, 0.25) is 0 Å². The van der Waals surface area contributed by atoms with Gasteiger partial charge in [-0.15, -0.1) is 0 Å². The molecule has 0 spiro atoms. The summed E-state index contributed by atoms with van der Waals surface area (Å²) < 4.78 is 0. The number of para-hydroxylation sites is 1. The first-order valence-corrected chi connectivity index (χ1v) is 7.96. The first-order valence-electron chi connectivity index (χ1n) is 7.14. The molecular formula is C16H21N3S.